The molecule has 1 aliphatic heterocycles. The molecule has 11 rings (SSSR count). The summed E-state index contributed by atoms with van der Waals surface area (Å²) in [6.07, 6.45) is 19.8. The van der Waals surface area contributed by atoms with Crippen LogP contribution in [0.4, 0.5) is 0 Å². The summed E-state index contributed by atoms with van der Waals surface area (Å²) in [7, 11) is 0. The van der Waals surface area contributed by atoms with Gasteiger partial charge in [0.1, 0.15) is 5.60 Å². The smallest absolute Gasteiger partial charge is 0.309 e. The molecule has 4 N–H and O–H groups in total. The number of rotatable bonds is 2. The summed E-state index contributed by atoms with van der Waals surface area (Å²) in [4.78, 5) is 39.0. The van der Waals surface area contributed by atoms with Gasteiger partial charge in [-0.25, -0.2) is 0 Å². The number of carboxylic acid groups (broad SMARTS) is 1. The molecule has 344 valence electrons. The fourth-order valence-corrected chi connectivity index (χ4v) is 17.7. The molecule has 2 aromatic rings. The van der Waals surface area contributed by atoms with Gasteiger partial charge >= 0.3 is 5.97 Å². The molecule has 5 saturated carbocycles. The van der Waals surface area contributed by atoms with Gasteiger partial charge in [0.15, 0.2) is 23.0 Å². The minimum atomic E-state index is -0.901. The Labute approximate surface area is 378 Å². The first-order chi connectivity index (χ1) is 29.7. The lowest BCUT2D eigenvalue weighted by Gasteiger charge is -2.69. The van der Waals surface area contributed by atoms with Crippen LogP contribution in [0.15, 0.2) is 64.2 Å². The number of furan rings is 1. The second-order valence-electron chi connectivity index (χ2n) is 24.6. The number of hydrogen-bond donors (Lipinski definition) is 4. The molecule has 9 heteroatoms. The Kier molecular flexibility index (Phi) is 8.79. The van der Waals surface area contributed by atoms with E-state index in [-0.39, 0.29) is 73.8 Å². The minimum Gasteiger partial charge on any atom is -0.504 e. The maximum atomic E-state index is 14.0. The third-order valence-electron chi connectivity index (χ3n) is 21.7. The first-order valence-corrected chi connectivity index (χ1v) is 24.1. The fraction of sp³-hybridized carbons (Fsp3) is 0.655. The molecule has 1 aromatic heterocycles. The van der Waals surface area contributed by atoms with E-state index in [1.165, 1.54) is 16.7 Å². The van der Waals surface area contributed by atoms with Crippen molar-refractivity contribution in [1.82, 2.24) is 0 Å². The van der Waals surface area contributed by atoms with Crippen molar-refractivity contribution in [2.75, 3.05) is 0 Å². The summed E-state index contributed by atoms with van der Waals surface area (Å²) in [5.41, 5.74) is 2.61. The third kappa shape index (κ3) is 4.88. The number of phenols is 2. The quantitative estimate of drug-likeness (QED) is 0.131. The summed E-state index contributed by atoms with van der Waals surface area (Å²) in [6, 6.07) is 3.84. The number of carboxylic acids is 1. The number of ketones is 2. The number of ether oxygens (including phenoxy) is 1. The summed E-state index contributed by atoms with van der Waals surface area (Å²) in [5.74, 6) is -0.594. The molecule has 64 heavy (non-hydrogen) atoms. The van der Waals surface area contributed by atoms with Gasteiger partial charge in [-0.1, -0.05) is 59.3 Å². The maximum absolute atomic E-state index is 14.0. The Morgan fingerprint density at radius 1 is 0.844 bits per heavy atom. The second kappa shape index (κ2) is 12.9. The van der Waals surface area contributed by atoms with E-state index < -0.39 is 33.2 Å². The van der Waals surface area contributed by atoms with Crippen molar-refractivity contribution in [3.63, 3.8) is 0 Å². The number of carbonyl (C=O) groups excluding carboxylic acids is 2. The van der Waals surface area contributed by atoms with E-state index >= 15 is 0 Å². The number of phenolic OH excluding ortho intramolecular Hbond substituents is 2. The highest BCUT2D eigenvalue weighted by Gasteiger charge is 2.87. The molecule has 6 fully saturated rings. The predicted octanol–water partition coefficient (Wildman–Crippen LogP) is 11.5. The summed E-state index contributed by atoms with van der Waals surface area (Å²) < 4.78 is 11.9. The molecule has 9 nitrogen and oxygen atoms in total. The van der Waals surface area contributed by atoms with Crippen molar-refractivity contribution in [1.29, 1.82) is 0 Å². The molecule has 0 bridgehead atoms. The summed E-state index contributed by atoms with van der Waals surface area (Å²) in [5, 5.41) is 42.3. The normalized spacial score (nSPS) is 46.6. The van der Waals surface area contributed by atoms with Crippen molar-refractivity contribution in [2.24, 2.45) is 55.2 Å². The third-order valence-corrected chi connectivity index (χ3v) is 21.7. The number of fused-ring (bicyclic) bond motifs is 10. The Bertz CT molecular complexity index is 2530. The molecule has 1 saturated heterocycles. The Morgan fingerprint density at radius 2 is 1.55 bits per heavy atom. The molecule has 13 atom stereocenters. The highest BCUT2D eigenvalue weighted by molar-refractivity contribution is 6.06. The van der Waals surface area contributed by atoms with Gasteiger partial charge in [-0.3, -0.25) is 14.4 Å². The number of hydrogen-bond acceptors (Lipinski definition) is 8. The van der Waals surface area contributed by atoms with Gasteiger partial charge in [-0.05, 0) is 185 Å². The largest absolute Gasteiger partial charge is 0.504 e. The van der Waals surface area contributed by atoms with Crippen molar-refractivity contribution in [2.45, 2.75) is 170 Å². The van der Waals surface area contributed by atoms with Gasteiger partial charge in [0.2, 0.25) is 5.78 Å². The van der Waals surface area contributed by atoms with Crippen LogP contribution >= 0.6 is 0 Å². The lowest BCUT2D eigenvalue weighted by atomic mass is 9.34. The zero-order chi connectivity index (χ0) is 46.4. The van der Waals surface area contributed by atoms with Crippen LogP contribution in [0.5, 0.6) is 11.5 Å². The topological polar surface area (TPSA) is 158 Å². The van der Waals surface area contributed by atoms with Crippen LogP contribution in [0, 0.1) is 62.1 Å². The second-order valence-corrected chi connectivity index (χ2v) is 24.6. The van der Waals surface area contributed by atoms with Gasteiger partial charge in [0.25, 0.3) is 0 Å². The lowest BCUT2D eigenvalue weighted by Crippen LogP contribution is -2.66. The first kappa shape index (κ1) is 43.8. The number of aromatic hydroxyl groups is 2. The molecule has 0 amide bonds. The van der Waals surface area contributed by atoms with Crippen molar-refractivity contribution in [3.8, 4) is 11.5 Å². The number of epoxide rings is 1. The van der Waals surface area contributed by atoms with Crippen LogP contribution in [0.25, 0.3) is 0 Å². The SMILES string of the molecule is CC1(C)C(=O)C=CC2(C)C1=C(O)C(=O)C1(C)C2CCC2(C)C(c3ccoc3)CC3OC321.Cc1c(O)c(O)cc2c1CC=C1C2(C)CCC2(C)C3CC(C)(C(=O)O)CCC3(C)CCC12C. The van der Waals surface area contributed by atoms with Gasteiger partial charge in [0.05, 0.1) is 34.9 Å². The molecule has 2 heterocycles. The van der Waals surface area contributed by atoms with Crippen molar-refractivity contribution >= 4 is 17.5 Å². The minimum absolute atomic E-state index is 0.00431. The van der Waals surface area contributed by atoms with Gasteiger partial charge in [-0.2, -0.15) is 0 Å². The Hall–Kier alpha value is -4.11. The Morgan fingerprint density at radius 3 is 2.22 bits per heavy atom. The summed E-state index contributed by atoms with van der Waals surface area (Å²) in [6.45, 7) is 23.5. The van der Waals surface area contributed by atoms with E-state index in [4.69, 9.17) is 9.15 Å². The van der Waals surface area contributed by atoms with E-state index in [1.54, 1.807) is 12.3 Å². The zero-order valence-electron chi connectivity index (χ0n) is 40.0. The molecule has 1 spiro atoms. The van der Waals surface area contributed by atoms with E-state index in [2.05, 4.69) is 47.6 Å². The number of allylic oxidation sites excluding steroid dienone is 6. The molecule has 8 aliphatic carbocycles. The number of carbonyl (C=O) groups is 3. The molecule has 0 radical (unpaired) electrons. The highest BCUT2D eigenvalue weighted by Crippen LogP contribution is 2.81. The maximum Gasteiger partial charge on any atom is 0.309 e. The lowest BCUT2D eigenvalue weighted by molar-refractivity contribution is -0.177. The van der Waals surface area contributed by atoms with Crippen LogP contribution in [0.3, 0.4) is 0 Å². The highest BCUT2D eigenvalue weighted by atomic mass is 16.6. The van der Waals surface area contributed by atoms with Crippen molar-refractivity contribution < 1.29 is 44.0 Å². The van der Waals surface area contributed by atoms with Gasteiger partial charge in [-0.15, -0.1) is 0 Å². The zero-order valence-corrected chi connectivity index (χ0v) is 40.0. The van der Waals surface area contributed by atoms with Crippen LogP contribution in [-0.4, -0.2) is 49.7 Å². The molecule has 13 unspecified atom stereocenters. The van der Waals surface area contributed by atoms with Crippen molar-refractivity contribution in [3.05, 3.63) is 82.0 Å². The average molecular weight is 875 g/mol. The Balaban J connectivity index is 0.000000152. The molecular weight excluding hydrogens is 805 g/mol. The van der Waals surface area contributed by atoms with E-state index in [0.717, 1.165) is 81.8 Å². The standard InChI is InChI=1S/C29H40O4.C26H30O5/c1-17-18-7-8-21-27(4,19(18)15-20(30)23(17)31)12-14-29(6)22-16-26(3,24(32)33)10-9-25(22,2)11-13-28(21,29)5;1-22(2)17(27)7-9-23(3)16-6-10-24(4)15(14-8-11-30-13-14)12-18-26(24,31-18)25(16,5)21(29)19(28)20(22)23/h8,15,22,30-31H,7,9-14,16H2,1-6H3,(H,32,33);7-9,11,13,15-16,18,28H,6,10,12H2,1-5H3. The van der Waals surface area contributed by atoms with E-state index in [0.29, 0.717) is 11.5 Å². The van der Waals surface area contributed by atoms with E-state index in [1.807, 2.05) is 59.1 Å². The molecule has 1 aromatic carbocycles. The monoisotopic (exact) mass is 875 g/mol. The summed E-state index contributed by atoms with van der Waals surface area (Å²) >= 11 is 0. The number of benzene rings is 1. The number of aliphatic hydroxyl groups excluding tert-OH is 1. The van der Waals surface area contributed by atoms with Crippen LogP contribution in [0.2, 0.25) is 0 Å². The van der Waals surface area contributed by atoms with Crippen LogP contribution in [0.1, 0.15) is 162 Å². The van der Waals surface area contributed by atoms with Crippen LogP contribution in [-0.2, 0) is 31.0 Å². The van der Waals surface area contributed by atoms with Crippen LogP contribution < -0.4 is 0 Å². The average Bonchev–Trinajstić information content (AvgIpc) is 3.59. The predicted molar refractivity (Wildman–Crippen MR) is 243 cm³/mol. The number of aliphatic carboxylic acids is 1. The molecular formula is C55H70O9. The fourth-order valence-electron chi connectivity index (χ4n) is 17.7. The van der Waals surface area contributed by atoms with E-state index in [9.17, 15) is 34.8 Å². The van der Waals surface area contributed by atoms with Gasteiger partial charge in [0, 0.05) is 16.2 Å². The van der Waals surface area contributed by atoms with Gasteiger partial charge < -0.3 is 29.6 Å². The molecule has 9 aliphatic rings. The number of Topliss-reactive ketones (excluding diaryl/α,β-unsaturated/α-hetero) is 1. The number of aliphatic hydroxyl groups is 1. The first-order valence-electron chi connectivity index (χ1n) is 24.1.